The zero-order valence-corrected chi connectivity index (χ0v) is 9.91. The van der Waals surface area contributed by atoms with Gasteiger partial charge in [-0.2, -0.15) is 0 Å². The largest absolute Gasteiger partial charge is 0.481 e. The van der Waals surface area contributed by atoms with Crippen LogP contribution >= 0.6 is 0 Å². The van der Waals surface area contributed by atoms with Gasteiger partial charge in [0.25, 0.3) is 0 Å². The Hall–Kier alpha value is -2.41. The third kappa shape index (κ3) is 3.78. The van der Waals surface area contributed by atoms with Crippen LogP contribution in [0.2, 0.25) is 0 Å². The average Bonchev–Trinajstić information content (AvgIpc) is 2.36. The van der Waals surface area contributed by atoms with E-state index in [2.05, 4.69) is 0 Å². The zero-order chi connectivity index (χ0) is 14.5. The molecular formula is C12H13NO6. The van der Waals surface area contributed by atoms with E-state index in [-0.39, 0.29) is 6.61 Å². The molecular weight excluding hydrogens is 254 g/mol. The van der Waals surface area contributed by atoms with Gasteiger partial charge in [-0.15, -0.1) is 0 Å². The van der Waals surface area contributed by atoms with Crippen LogP contribution in [-0.4, -0.2) is 33.7 Å². The minimum Gasteiger partial charge on any atom is -0.481 e. The van der Waals surface area contributed by atoms with Crippen LogP contribution in [0.3, 0.4) is 0 Å². The molecule has 0 aliphatic carbocycles. The fourth-order valence-corrected chi connectivity index (χ4v) is 1.33. The van der Waals surface area contributed by atoms with Crippen LogP contribution in [0, 0.1) is 0 Å². The monoisotopic (exact) mass is 267 g/mol. The maximum atomic E-state index is 11.6. The van der Waals surface area contributed by atoms with Crippen molar-refractivity contribution in [2.24, 2.45) is 5.73 Å². The number of benzene rings is 1. The fourth-order valence-electron chi connectivity index (χ4n) is 1.33. The Morgan fingerprint density at radius 1 is 1.16 bits per heavy atom. The van der Waals surface area contributed by atoms with E-state index in [1.54, 1.807) is 30.3 Å². The molecule has 0 unspecified atom stereocenters. The number of ether oxygens (including phenoxy) is 1. The van der Waals surface area contributed by atoms with E-state index in [9.17, 15) is 14.4 Å². The second-order valence-electron chi connectivity index (χ2n) is 3.91. The summed E-state index contributed by atoms with van der Waals surface area (Å²) in [6, 6.07) is 8.54. The van der Waals surface area contributed by atoms with Gasteiger partial charge >= 0.3 is 17.9 Å². The number of esters is 1. The number of carbonyl (C=O) groups excluding carboxylic acids is 1. The van der Waals surface area contributed by atoms with Gasteiger partial charge in [0, 0.05) is 0 Å². The summed E-state index contributed by atoms with van der Waals surface area (Å²) in [5.74, 6) is -4.53. The first-order valence-corrected chi connectivity index (χ1v) is 5.31. The van der Waals surface area contributed by atoms with Crippen LogP contribution in [0.4, 0.5) is 0 Å². The van der Waals surface area contributed by atoms with Crippen LogP contribution < -0.4 is 5.73 Å². The summed E-state index contributed by atoms with van der Waals surface area (Å²) >= 11 is 0. The van der Waals surface area contributed by atoms with Gasteiger partial charge in [0.15, 0.2) is 0 Å². The summed E-state index contributed by atoms with van der Waals surface area (Å²) in [4.78, 5) is 33.1. The highest BCUT2D eigenvalue weighted by Crippen LogP contribution is 2.12. The topological polar surface area (TPSA) is 127 Å². The van der Waals surface area contributed by atoms with Crippen molar-refractivity contribution in [3.8, 4) is 0 Å². The van der Waals surface area contributed by atoms with Gasteiger partial charge in [-0.05, 0) is 5.56 Å². The molecule has 102 valence electrons. The lowest BCUT2D eigenvalue weighted by molar-refractivity contribution is -0.165. The maximum Gasteiger partial charge on any atom is 0.338 e. The van der Waals surface area contributed by atoms with Gasteiger partial charge < -0.3 is 20.7 Å². The lowest BCUT2D eigenvalue weighted by Gasteiger charge is -2.20. The summed E-state index contributed by atoms with van der Waals surface area (Å²) in [5.41, 5.74) is 3.35. The number of nitrogens with two attached hydrogens (primary N) is 1. The van der Waals surface area contributed by atoms with Gasteiger partial charge in [-0.1, -0.05) is 30.3 Å². The van der Waals surface area contributed by atoms with Crippen LogP contribution in [0.5, 0.6) is 0 Å². The number of carboxylic acids is 2. The van der Waals surface area contributed by atoms with Crippen LogP contribution in [-0.2, 0) is 25.7 Å². The van der Waals surface area contributed by atoms with Crippen molar-refractivity contribution in [2.45, 2.75) is 18.6 Å². The van der Waals surface area contributed by atoms with Gasteiger partial charge in [0.1, 0.15) is 6.61 Å². The van der Waals surface area contributed by atoms with Crippen molar-refractivity contribution in [3.63, 3.8) is 0 Å². The van der Waals surface area contributed by atoms with E-state index < -0.39 is 29.9 Å². The summed E-state index contributed by atoms with van der Waals surface area (Å²) in [5, 5.41) is 17.4. The number of aliphatic carboxylic acids is 2. The van der Waals surface area contributed by atoms with E-state index in [4.69, 9.17) is 20.7 Å². The smallest absolute Gasteiger partial charge is 0.338 e. The molecule has 1 atom stereocenters. The van der Waals surface area contributed by atoms with E-state index >= 15 is 0 Å². The third-order valence-corrected chi connectivity index (χ3v) is 2.39. The molecule has 0 aromatic heterocycles. The van der Waals surface area contributed by atoms with Crippen LogP contribution in [0.1, 0.15) is 12.0 Å². The number of hydrogen-bond donors (Lipinski definition) is 3. The molecule has 0 heterocycles. The van der Waals surface area contributed by atoms with Crippen LogP contribution in [0.15, 0.2) is 30.3 Å². The highest BCUT2D eigenvalue weighted by atomic mass is 16.5. The Labute approximate surface area is 108 Å². The third-order valence-electron chi connectivity index (χ3n) is 2.39. The number of hydrogen-bond acceptors (Lipinski definition) is 5. The van der Waals surface area contributed by atoms with E-state index in [1.165, 1.54) is 0 Å². The first-order chi connectivity index (χ1) is 8.86. The molecule has 0 saturated heterocycles. The summed E-state index contributed by atoms with van der Waals surface area (Å²) in [6.07, 6.45) is -1.05. The molecule has 0 amide bonds. The van der Waals surface area contributed by atoms with Crippen molar-refractivity contribution in [1.29, 1.82) is 0 Å². The predicted octanol–water partition coefficient (Wildman–Crippen LogP) is -0.0134. The zero-order valence-electron chi connectivity index (χ0n) is 9.91. The number of rotatable bonds is 6. The Kier molecular flexibility index (Phi) is 4.60. The Balaban J connectivity index is 2.73. The first kappa shape index (κ1) is 14.7. The normalized spacial score (nSPS) is 13.3. The van der Waals surface area contributed by atoms with E-state index in [1.807, 2.05) is 0 Å². The minimum absolute atomic E-state index is 0.175. The van der Waals surface area contributed by atoms with Gasteiger partial charge in [-0.3, -0.25) is 4.79 Å². The average molecular weight is 267 g/mol. The lowest BCUT2D eigenvalue weighted by Crippen LogP contribution is -2.57. The molecule has 1 aromatic rings. The number of carbonyl (C=O) groups is 3. The molecule has 19 heavy (non-hydrogen) atoms. The SMILES string of the molecule is N[C@](CC(=O)O)(C(=O)O)C(=O)OCc1ccccc1. The van der Waals surface area contributed by atoms with Crippen LogP contribution in [0.25, 0.3) is 0 Å². The molecule has 0 saturated carbocycles. The molecule has 0 bridgehead atoms. The Morgan fingerprint density at radius 2 is 1.74 bits per heavy atom. The molecule has 7 heteroatoms. The molecule has 4 N–H and O–H groups in total. The predicted molar refractivity (Wildman–Crippen MR) is 63.0 cm³/mol. The van der Waals surface area contributed by atoms with Crippen molar-refractivity contribution >= 4 is 17.9 Å². The highest BCUT2D eigenvalue weighted by Gasteiger charge is 2.46. The molecule has 0 aliphatic heterocycles. The van der Waals surface area contributed by atoms with Crippen molar-refractivity contribution in [2.75, 3.05) is 0 Å². The second kappa shape index (κ2) is 5.96. The summed E-state index contributed by atoms with van der Waals surface area (Å²) in [6.45, 7) is -0.175. The number of carboxylic acid groups (broad SMARTS) is 2. The molecule has 7 nitrogen and oxygen atoms in total. The van der Waals surface area contributed by atoms with E-state index in [0.717, 1.165) is 0 Å². The maximum absolute atomic E-state index is 11.6. The van der Waals surface area contributed by atoms with Gasteiger partial charge in [0.05, 0.1) is 6.42 Å². The minimum atomic E-state index is -2.58. The van der Waals surface area contributed by atoms with Crippen molar-refractivity contribution < 1.29 is 29.3 Å². The standard InChI is InChI=1S/C12H13NO6/c13-12(10(16)17,6-9(14)15)11(18)19-7-8-4-2-1-3-5-8/h1-5H,6-7,13H2,(H,14,15)(H,16,17)/t12-/m1/s1. The molecule has 0 spiro atoms. The summed E-state index contributed by atoms with van der Waals surface area (Å²) < 4.78 is 4.75. The van der Waals surface area contributed by atoms with E-state index in [0.29, 0.717) is 5.56 Å². The molecule has 0 aliphatic rings. The Bertz CT molecular complexity index is 486. The van der Waals surface area contributed by atoms with Gasteiger partial charge in [-0.25, -0.2) is 9.59 Å². The second-order valence-corrected chi connectivity index (χ2v) is 3.91. The Morgan fingerprint density at radius 3 is 2.21 bits per heavy atom. The fraction of sp³-hybridized carbons (Fsp3) is 0.250. The lowest BCUT2D eigenvalue weighted by atomic mass is 9.97. The molecule has 1 rings (SSSR count). The molecule has 0 radical (unpaired) electrons. The van der Waals surface area contributed by atoms with Gasteiger partial charge in [0.2, 0.25) is 5.54 Å². The van der Waals surface area contributed by atoms with Crippen molar-refractivity contribution in [3.05, 3.63) is 35.9 Å². The highest BCUT2D eigenvalue weighted by molar-refractivity contribution is 6.06. The summed E-state index contributed by atoms with van der Waals surface area (Å²) in [7, 11) is 0. The quantitative estimate of drug-likeness (QED) is 0.488. The molecule has 0 fully saturated rings. The molecule has 1 aromatic carbocycles. The first-order valence-electron chi connectivity index (χ1n) is 5.31. The van der Waals surface area contributed by atoms with Crippen molar-refractivity contribution in [1.82, 2.24) is 0 Å².